The fourth-order valence-electron chi connectivity index (χ4n) is 18.5. The molecular formula is C102H97N15O12S2. The van der Waals surface area contributed by atoms with Crippen molar-refractivity contribution in [1.29, 1.82) is 15.8 Å². The second kappa shape index (κ2) is 38.0. The van der Waals surface area contributed by atoms with Crippen molar-refractivity contribution in [3.8, 4) is 103 Å². The molecule has 0 radical (unpaired) electrons. The van der Waals surface area contributed by atoms with Crippen LogP contribution in [0.3, 0.4) is 0 Å². The number of nitrogens with one attached hydrogen (secondary N) is 2. The Morgan fingerprint density at radius 2 is 0.748 bits per heavy atom. The molecule has 8 aromatic carbocycles. The highest BCUT2D eigenvalue weighted by atomic mass is 32.2. The summed E-state index contributed by atoms with van der Waals surface area (Å²) in [4.78, 5) is 29.3. The molecule has 8 aliphatic rings. The fourth-order valence-corrected chi connectivity index (χ4v) is 21.5. The minimum atomic E-state index is -4.03. The van der Waals surface area contributed by atoms with Crippen molar-refractivity contribution in [2.45, 2.75) is 59.4 Å². The SMILES string of the molecule is N#Cc1cc(-c2ccnc3[nH]c(-c4ccc(N5CCOCC5)cc4)cc23)ccc1O[C@@H]1CCN(C2COC2)C1.N#Cc1cc(-c2ccnc3c2cc(-c2ccc(N4CCOCC4)cc2)n3S(=O)(=O)c2ccccc2)ccc1O[C@@H]1CCN(C2COC2)C1.N#Cc1cc(-c2ccnc3c2cc(-c2ccc(N4CCOCC4)cc2)n3S(=O)(=O)c2ccccc2)ccc1O[C@@H]1CCNC1. The third-order valence-corrected chi connectivity index (χ3v) is 29.2. The number of likely N-dealkylation sites (tertiary alicyclic amines) is 2. The van der Waals surface area contributed by atoms with E-state index in [4.69, 9.17) is 37.9 Å². The zero-order valence-corrected chi connectivity index (χ0v) is 73.8. The quantitative estimate of drug-likeness (QED) is 0.0675. The van der Waals surface area contributed by atoms with Gasteiger partial charge in [0.1, 0.15) is 59.4 Å². The number of morpholine rings is 3. The summed E-state index contributed by atoms with van der Waals surface area (Å²) in [5.74, 6) is 1.74. The summed E-state index contributed by atoms with van der Waals surface area (Å²) in [5, 5.41) is 35.7. The number of fused-ring (bicyclic) bond motifs is 3. The molecule has 22 rings (SSSR count). The number of ether oxygens (including phenoxy) is 8. The molecule has 0 bridgehead atoms. The topological polar surface area (TPSA) is 306 Å². The van der Waals surface area contributed by atoms with Crippen LogP contribution in [0.2, 0.25) is 0 Å². The molecule has 8 aliphatic heterocycles. The van der Waals surface area contributed by atoms with Gasteiger partial charge in [-0.25, -0.2) is 39.7 Å². The number of hydrogen-bond donors (Lipinski definition) is 2. The Hall–Kier alpha value is -13.3. The second-order valence-corrected chi connectivity index (χ2v) is 37.4. The number of rotatable bonds is 21. The predicted molar refractivity (Wildman–Crippen MR) is 502 cm³/mol. The van der Waals surface area contributed by atoms with E-state index in [1.807, 2.05) is 134 Å². The van der Waals surface area contributed by atoms with Gasteiger partial charge < -0.3 is 62.9 Å². The third kappa shape index (κ3) is 17.9. The number of aromatic amines is 1. The van der Waals surface area contributed by atoms with Crippen LogP contribution >= 0.6 is 0 Å². The molecular weight excluding hydrogens is 1690 g/mol. The Morgan fingerprint density at radius 3 is 1.12 bits per heavy atom. The van der Waals surface area contributed by atoms with E-state index in [-0.39, 0.29) is 28.1 Å². The Morgan fingerprint density at radius 1 is 0.374 bits per heavy atom. The molecule has 8 saturated heterocycles. The maximum absolute atomic E-state index is 14.3. The number of benzene rings is 8. The lowest BCUT2D eigenvalue weighted by molar-refractivity contribution is -0.0593. The molecule has 14 heterocycles. The van der Waals surface area contributed by atoms with E-state index < -0.39 is 20.0 Å². The lowest BCUT2D eigenvalue weighted by atomic mass is 10.0. The van der Waals surface area contributed by atoms with Crippen LogP contribution in [-0.4, -0.2) is 230 Å². The smallest absolute Gasteiger partial charge is 0.269 e. The highest BCUT2D eigenvalue weighted by Crippen LogP contribution is 2.43. The van der Waals surface area contributed by atoms with Crippen molar-refractivity contribution in [2.75, 3.05) is 159 Å². The number of pyridine rings is 3. The molecule has 0 spiro atoms. The van der Waals surface area contributed by atoms with Gasteiger partial charge in [-0.1, -0.05) is 91.0 Å². The first-order chi connectivity index (χ1) is 64.3. The molecule has 0 saturated carbocycles. The number of anilines is 3. The summed E-state index contributed by atoms with van der Waals surface area (Å²) >= 11 is 0. The minimum absolute atomic E-state index is 0.00519. The van der Waals surface area contributed by atoms with Crippen LogP contribution in [-0.2, 0) is 43.7 Å². The summed E-state index contributed by atoms with van der Waals surface area (Å²) in [6.07, 6.45) is 7.92. The van der Waals surface area contributed by atoms with Gasteiger partial charge in [0, 0.05) is 129 Å². The van der Waals surface area contributed by atoms with Crippen LogP contribution in [0.5, 0.6) is 17.2 Å². The van der Waals surface area contributed by atoms with E-state index in [0.717, 1.165) is 216 Å². The van der Waals surface area contributed by atoms with Crippen molar-refractivity contribution < 1.29 is 54.7 Å². The van der Waals surface area contributed by atoms with E-state index in [1.165, 1.54) is 13.6 Å². The summed E-state index contributed by atoms with van der Waals surface area (Å²) in [6, 6.07) is 77.9. The van der Waals surface area contributed by atoms with Crippen molar-refractivity contribution in [2.24, 2.45) is 0 Å². The van der Waals surface area contributed by atoms with E-state index in [9.17, 15) is 32.6 Å². The first kappa shape index (κ1) is 85.8. The first-order valence-corrected chi connectivity index (χ1v) is 47.5. The maximum Gasteiger partial charge on any atom is 0.269 e. The summed E-state index contributed by atoms with van der Waals surface area (Å²) in [5.41, 5.74) is 15.9. The van der Waals surface area contributed by atoms with Crippen LogP contribution in [0.15, 0.2) is 253 Å². The van der Waals surface area contributed by atoms with Crippen molar-refractivity contribution in [3.63, 3.8) is 0 Å². The molecule has 27 nitrogen and oxygen atoms in total. The fraction of sp³-hybridized carbons (Fsp3) is 0.294. The van der Waals surface area contributed by atoms with E-state index in [0.29, 0.717) is 106 Å². The van der Waals surface area contributed by atoms with Crippen LogP contribution in [0, 0.1) is 34.0 Å². The highest BCUT2D eigenvalue weighted by molar-refractivity contribution is 7.90. The molecule has 14 aromatic rings. The molecule has 131 heavy (non-hydrogen) atoms. The molecule has 3 atom stereocenters. The zero-order chi connectivity index (χ0) is 88.9. The summed E-state index contributed by atoms with van der Waals surface area (Å²) < 4.78 is 106. The highest BCUT2D eigenvalue weighted by Gasteiger charge is 2.37. The van der Waals surface area contributed by atoms with Crippen LogP contribution in [0.4, 0.5) is 17.1 Å². The van der Waals surface area contributed by atoms with Crippen LogP contribution < -0.4 is 34.2 Å². The van der Waals surface area contributed by atoms with Gasteiger partial charge in [0.05, 0.1) is 116 Å². The molecule has 664 valence electrons. The van der Waals surface area contributed by atoms with Gasteiger partial charge in [-0.2, -0.15) is 15.8 Å². The number of nitrogens with zero attached hydrogens (tertiary/aromatic N) is 13. The van der Waals surface area contributed by atoms with Gasteiger partial charge in [-0.05, 0) is 209 Å². The average Bonchev–Trinajstić information content (AvgIpc) is 1.59. The Kier molecular flexibility index (Phi) is 24.9. The molecule has 6 aromatic heterocycles. The minimum Gasteiger partial charge on any atom is -0.488 e. The van der Waals surface area contributed by atoms with Gasteiger partial charge in [-0.15, -0.1) is 0 Å². The molecule has 0 unspecified atom stereocenters. The molecule has 8 fully saturated rings. The lowest BCUT2D eigenvalue weighted by Crippen LogP contribution is -2.48. The molecule has 29 heteroatoms. The molecule has 0 aliphatic carbocycles. The zero-order valence-electron chi connectivity index (χ0n) is 72.2. The second-order valence-electron chi connectivity index (χ2n) is 33.8. The number of aromatic nitrogens is 6. The number of hydrogen-bond acceptors (Lipinski definition) is 24. The maximum atomic E-state index is 14.3. The Balaban J connectivity index is 0.000000123. The third-order valence-electron chi connectivity index (χ3n) is 25.8. The lowest BCUT2D eigenvalue weighted by Gasteiger charge is -2.34. The van der Waals surface area contributed by atoms with E-state index >= 15 is 0 Å². The summed E-state index contributed by atoms with van der Waals surface area (Å²) in [7, 11) is -8.04. The Labute approximate surface area is 760 Å². The van der Waals surface area contributed by atoms with Crippen LogP contribution in [0.25, 0.3) is 100 Å². The van der Waals surface area contributed by atoms with E-state index in [1.54, 1.807) is 79.1 Å². The first-order valence-electron chi connectivity index (χ1n) is 44.6. The van der Waals surface area contributed by atoms with Crippen LogP contribution in [0.1, 0.15) is 36.0 Å². The van der Waals surface area contributed by atoms with Crippen molar-refractivity contribution >= 4 is 70.2 Å². The molecule has 0 amide bonds. The molecule has 2 N–H and O–H groups in total. The largest absolute Gasteiger partial charge is 0.488 e. The standard InChI is InChI=1S/C37H35N5O5S.C34H31N5O4S.C31H31N5O3/c38-22-28-20-27(8-11-36(28)47-31-13-15-41(23-31)30-24-46-25-30)33-12-14-39-37-34(33)21-35(42(37)48(43,44)32-4-2-1-3-5-32)26-6-9-29(10-7-26)40-16-18-45-19-17-40;35-22-26-20-25(8-11-33(26)43-28-12-14-36-23-28)30-13-15-37-34-31(30)21-32(39(34)44(40,41)29-4-2-1-3-5-29)24-6-9-27(10-7-24)38-16-18-42-19-17-38;32-17-23-15-22(3-6-30(23)39-26-8-10-36(18-26)25-19-38-20-25)27-7-9-33-31-28(27)16-29(34-31)21-1-4-24(5-2-21)35-11-13-37-14-12-35/h1-12,14,20-21,30-31H,13,15-19,23-25H2;1-11,13,15,20-21,28,36H,12,14,16-19,23H2;1-7,9,15-16,25-26H,8,10-14,18-20H2,(H,33,34)/t31-;28-;26-/m111/s1. The monoisotopic (exact) mass is 1790 g/mol. The van der Waals surface area contributed by atoms with Gasteiger partial charge >= 0.3 is 0 Å². The van der Waals surface area contributed by atoms with Gasteiger partial charge in [0.15, 0.2) is 11.3 Å². The van der Waals surface area contributed by atoms with Crippen molar-refractivity contribution in [1.82, 2.24) is 43.0 Å². The van der Waals surface area contributed by atoms with Crippen molar-refractivity contribution in [3.05, 3.63) is 260 Å². The van der Waals surface area contributed by atoms with Gasteiger partial charge in [0.2, 0.25) is 0 Å². The van der Waals surface area contributed by atoms with Gasteiger partial charge in [0.25, 0.3) is 20.0 Å². The average molecular weight is 1790 g/mol. The predicted octanol–water partition coefficient (Wildman–Crippen LogP) is 14.7. The number of H-pyrrole nitrogens is 1. The normalized spacial score (nSPS) is 18.7. The number of nitriles is 3. The Bertz CT molecular complexity index is 6870. The summed E-state index contributed by atoms with van der Waals surface area (Å²) in [6.45, 7) is 17.8. The van der Waals surface area contributed by atoms with Gasteiger partial charge in [-0.3, -0.25) is 9.80 Å². The van der Waals surface area contributed by atoms with E-state index in [2.05, 4.69) is 98.3 Å².